The molecule has 0 radical (unpaired) electrons. The van der Waals surface area contributed by atoms with Gasteiger partial charge in [-0.25, -0.2) is 4.79 Å². The Hall–Kier alpha value is 0.0700. The summed E-state index contributed by atoms with van der Waals surface area (Å²) in [5.41, 5.74) is 2.47. The van der Waals surface area contributed by atoms with E-state index in [0.29, 0.717) is 16.4 Å². The molecule has 0 aliphatic heterocycles. The first-order valence-corrected chi connectivity index (χ1v) is 9.47. The van der Waals surface area contributed by atoms with Gasteiger partial charge >= 0.3 is 5.97 Å². The van der Waals surface area contributed by atoms with Crippen molar-refractivity contribution < 1.29 is 24.6 Å². The van der Waals surface area contributed by atoms with Crippen molar-refractivity contribution in [2.45, 2.75) is 19.4 Å². The zero-order chi connectivity index (χ0) is 17.9. The van der Waals surface area contributed by atoms with Gasteiger partial charge < -0.3 is 15.5 Å². The Morgan fingerprint density at radius 3 is 2.09 bits per heavy atom. The number of amides is 1. The van der Waals surface area contributed by atoms with Gasteiger partial charge in [0, 0.05) is 3.57 Å². The molecule has 7 nitrogen and oxygen atoms in total. The SMILES string of the molecule is CONc1c(I)c(C(=O)O)c(I)c(C(=O)NC(C)(C)CO)c1I. The number of benzene rings is 1. The molecule has 0 aromatic heterocycles. The molecular formula is C13H15I3N2O5. The Balaban J connectivity index is 3.59. The molecule has 23 heavy (non-hydrogen) atoms. The van der Waals surface area contributed by atoms with E-state index in [1.54, 1.807) is 13.8 Å². The Morgan fingerprint density at radius 2 is 1.65 bits per heavy atom. The maximum absolute atomic E-state index is 12.6. The molecule has 0 saturated carbocycles. The fraction of sp³-hybridized carbons (Fsp3) is 0.385. The van der Waals surface area contributed by atoms with Gasteiger partial charge in [-0.3, -0.25) is 15.1 Å². The zero-order valence-corrected chi connectivity index (χ0v) is 18.9. The van der Waals surface area contributed by atoms with Crippen LogP contribution in [0.4, 0.5) is 5.69 Å². The monoisotopic (exact) mass is 660 g/mol. The molecule has 1 aromatic carbocycles. The molecular weight excluding hydrogens is 645 g/mol. The van der Waals surface area contributed by atoms with Gasteiger partial charge in [0.15, 0.2) is 0 Å². The van der Waals surface area contributed by atoms with Crippen molar-refractivity contribution in [1.29, 1.82) is 0 Å². The topological polar surface area (TPSA) is 108 Å². The summed E-state index contributed by atoms with van der Waals surface area (Å²) in [7, 11) is 1.40. The molecule has 0 bridgehead atoms. The maximum Gasteiger partial charge on any atom is 0.337 e. The van der Waals surface area contributed by atoms with Crippen molar-refractivity contribution in [2.75, 3.05) is 19.2 Å². The van der Waals surface area contributed by atoms with Crippen LogP contribution in [0.25, 0.3) is 0 Å². The molecule has 128 valence electrons. The predicted molar refractivity (Wildman–Crippen MR) is 111 cm³/mol. The number of nitrogens with one attached hydrogen (secondary N) is 2. The van der Waals surface area contributed by atoms with Gasteiger partial charge in [-0.1, -0.05) is 0 Å². The third kappa shape index (κ3) is 4.79. The molecule has 0 atom stereocenters. The summed E-state index contributed by atoms with van der Waals surface area (Å²) in [4.78, 5) is 29.1. The summed E-state index contributed by atoms with van der Waals surface area (Å²) in [6.45, 7) is 3.10. The highest BCUT2D eigenvalue weighted by atomic mass is 127. The van der Waals surface area contributed by atoms with E-state index in [1.165, 1.54) is 7.11 Å². The fourth-order valence-electron chi connectivity index (χ4n) is 1.65. The molecule has 0 heterocycles. The molecule has 0 aliphatic rings. The lowest BCUT2D eigenvalue weighted by molar-refractivity contribution is 0.0694. The van der Waals surface area contributed by atoms with Gasteiger partial charge in [-0.05, 0) is 81.6 Å². The molecule has 1 aromatic rings. The largest absolute Gasteiger partial charge is 0.478 e. The van der Waals surface area contributed by atoms with Crippen LogP contribution in [0.3, 0.4) is 0 Å². The van der Waals surface area contributed by atoms with Crippen molar-refractivity contribution in [2.24, 2.45) is 0 Å². The number of hydrogen-bond donors (Lipinski definition) is 4. The van der Waals surface area contributed by atoms with Crippen molar-refractivity contribution >= 4 is 85.3 Å². The lowest BCUT2D eigenvalue weighted by atomic mass is 10.0. The molecule has 0 saturated heterocycles. The van der Waals surface area contributed by atoms with Gasteiger partial charge in [-0.15, -0.1) is 0 Å². The second kappa shape index (κ2) is 8.44. The standard InChI is InChI=1S/C13H15I3N2O5/c1-13(2,4-19)17-11(20)5-7(14)6(12(21)22)9(16)10(8(5)15)18-23-3/h18-19H,4H2,1-3H3,(H,17,20)(H,21,22). The number of anilines is 1. The number of aromatic carboxylic acids is 1. The summed E-state index contributed by atoms with van der Waals surface area (Å²) >= 11 is 5.72. The number of halogens is 3. The van der Waals surface area contributed by atoms with E-state index in [1.807, 2.05) is 67.8 Å². The van der Waals surface area contributed by atoms with Crippen molar-refractivity contribution in [3.63, 3.8) is 0 Å². The predicted octanol–water partition coefficient (Wildman–Crippen LogP) is 2.67. The van der Waals surface area contributed by atoms with Crippen LogP contribution in [-0.2, 0) is 4.84 Å². The molecule has 0 unspecified atom stereocenters. The third-order valence-electron chi connectivity index (χ3n) is 2.81. The number of carbonyl (C=O) groups is 2. The lowest BCUT2D eigenvalue weighted by Crippen LogP contribution is -2.46. The van der Waals surface area contributed by atoms with Crippen molar-refractivity contribution in [1.82, 2.24) is 5.32 Å². The van der Waals surface area contributed by atoms with E-state index in [-0.39, 0.29) is 17.7 Å². The van der Waals surface area contributed by atoms with Gasteiger partial charge in [0.2, 0.25) is 0 Å². The van der Waals surface area contributed by atoms with Gasteiger partial charge in [0.1, 0.15) is 0 Å². The highest BCUT2D eigenvalue weighted by Crippen LogP contribution is 2.35. The zero-order valence-electron chi connectivity index (χ0n) is 12.5. The molecule has 0 spiro atoms. The Morgan fingerprint density at radius 1 is 1.13 bits per heavy atom. The average molecular weight is 660 g/mol. The summed E-state index contributed by atoms with van der Waals surface area (Å²) in [6, 6.07) is 0. The third-order valence-corrected chi connectivity index (χ3v) is 6.05. The van der Waals surface area contributed by atoms with Crippen molar-refractivity contribution in [3.05, 3.63) is 21.8 Å². The smallest absolute Gasteiger partial charge is 0.337 e. The first kappa shape index (κ1) is 21.1. The lowest BCUT2D eigenvalue weighted by Gasteiger charge is -2.25. The summed E-state index contributed by atoms with van der Waals surface area (Å²) < 4.78 is 1.31. The minimum absolute atomic E-state index is 0.0260. The molecule has 10 heteroatoms. The fourth-order valence-corrected chi connectivity index (χ4v) is 5.99. The second-order valence-electron chi connectivity index (χ2n) is 5.17. The molecule has 0 aliphatic carbocycles. The first-order valence-electron chi connectivity index (χ1n) is 6.23. The first-order chi connectivity index (χ1) is 10.6. The van der Waals surface area contributed by atoms with Gasteiger partial charge in [0.25, 0.3) is 5.91 Å². The van der Waals surface area contributed by atoms with Gasteiger partial charge in [-0.2, -0.15) is 0 Å². The Bertz CT molecular complexity index is 649. The van der Waals surface area contributed by atoms with Crippen LogP contribution < -0.4 is 10.8 Å². The average Bonchev–Trinajstić information content (AvgIpc) is 2.42. The van der Waals surface area contributed by atoms with E-state index in [9.17, 15) is 19.8 Å². The number of carboxylic acids is 1. The number of rotatable bonds is 6. The summed E-state index contributed by atoms with van der Waals surface area (Å²) in [5, 5.41) is 21.5. The molecule has 4 N–H and O–H groups in total. The van der Waals surface area contributed by atoms with Crippen LogP contribution in [0, 0.1) is 10.7 Å². The van der Waals surface area contributed by atoms with E-state index in [0.717, 1.165) is 0 Å². The van der Waals surface area contributed by atoms with E-state index in [4.69, 9.17) is 4.84 Å². The summed E-state index contributed by atoms with van der Waals surface area (Å²) in [6.07, 6.45) is 0. The minimum atomic E-state index is -1.13. The van der Waals surface area contributed by atoms with Crippen LogP contribution in [-0.4, -0.2) is 41.3 Å². The number of aliphatic hydroxyl groups excluding tert-OH is 1. The van der Waals surface area contributed by atoms with Crippen LogP contribution in [0.15, 0.2) is 0 Å². The van der Waals surface area contributed by atoms with Gasteiger partial charge in [0.05, 0.1) is 43.2 Å². The highest BCUT2D eigenvalue weighted by Gasteiger charge is 2.30. The Kier molecular flexibility index (Phi) is 7.75. The minimum Gasteiger partial charge on any atom is -0.478 e. The number of hydrogen-bond acceptors (Lipinski definition) is 5. The van der Waals surface area contributed by atoms with E-state index >= 15 is 0 Å². The van der Waals surface area contributed by atoms with Crippen LogP contribution in [0.1, 0.15) is 34.6 Å². The maximum atomic E-state index is 12.6. The number of aliphatic hydroxyl groups is 1. The Labute approximate surface area is 174 Å². The van der Waals surface area contributed by atoms with Crippen molar-refractivity contribution in [3.8, 4) is 0 Å². The van der Waals surface area contributed by atoms with E-state index < -0.39 is 17.4 Å². The molecule has 1 amide bonds. The molecule has 1 rings (SSSR count). The normalized spacial score (nSPS) is 11.3. The second-order valence-corrected chi connectivity index (χ2v) is 8.41. The number of carboxylic acid groups (broad SMARTS) is 1. The van der Waals surface area contributed by atoms with Crippen LogP contribution in [0.5, 0.6) is 0 Å². The van der Waals surface area contributed by atoms with Crippen LogP contribution in [0.2, 0.25) is 0 Å². The highest BCUT2D eigenvalue weighted by molar-refractivity contribution is 14.1. The summed E-state index contributed by atoms with van der Waals surface area (Å²) in [5.74, 6) is -1.60. The molecule has 0 fully saturated rings. The quantitative estimate of drug-likeness (QED) is 0.277. The number of carbonyl (C=O) groups excluding carboxylic acids is 1. The van der Waals surface area contributed by atoms with E-state index in [2.05, 4.69) is 10.8 Å². The van der Waals surface area contributed by atoms with Crippen LogP contribution >= 0.6 is 67.8 Å².